The molecule has 1 N–H and O–H groups in total. The Morgan fingerprint density at radius 1 is 1.35 bits per heavy atom. The fourth-order valence-electron chi connectivity index (χ4n) is 3.02. The second kappa shape index (κ2) is 5.35. The molecule has 1 aromatic carbocycles. The highest BCUT2D eigenvalue weighted by molar-refractivity contribution is 5.69. The van der Waals surface area contributed by atoms with Gasteiger partial charge in [0.05, 0.1) is 23.7 Å². The zero-order chi connectivity index (χ0) is 16.8. The molecule has 0 aromatic heterocycles. The van der Waals surface area contributed by atoms with E-state index in [0.29, 0.717) is 44.2 Å². The van der Waals surface area contributed by atoms with Crippen LogP contribution in [0.15, 0.2) is 12.1 Å². The minimum Gasteiger partial charge on any atom is -0.484 e. The molecule has 1 saturated heterocycles. The number of morpholine rings is 1. The summed E-state index contributed by atoms with van der Waals surface area (Å²) in [6.45, 7) is 7.54. The molecule has 1 aromatic rings. The number of nitro groups is 1. The van der Waals surface area contributed by atoms with Crippen LogP contribution in [0.2, 0.25) is 0 Å². The normalized spacial score (nSPS) is 24.3. The van der Waals surface area contributed by atoms with Gasteiger partial charge < -0.3 is 19.5 Å². The summed E-state index contributed by atoms with van der Waals surface area (Å²) < 4.78 is 11.3. The average Bonchev–Trinajstić information content (AvgIpc) is 2.83. The highest BCUT2D eigenvalue weighted by Crippen LogP contribution is 2.45. The molecule has 1 fully saturated rings. The third-order valence-electron chi connectivity index (χ3n) is 4.86. The molecule has 2 aliphatic rings. The summed E-state index contributed by atoms with van der Waals surface area (Å²) in [4.78, 5) is 13.1. The van der Waals surface area contributed by atoms with Crippen LogP contribution in [0.5, 0.6) is 5.75 Å². The van der Waals surface area contributed by atoms with Crippen molar-refractivity contribution in [3.63, 3.8) is 0 Å². The lowest BCUT2D eigenvalue weighted by Crippen LogP contribution is -2.51. The van der Waals surface area contributed by atoms with Crippen molar-refractivity contribution in [3.05, 3.63) is 27.8 Å². The molecule has 0 amide bonds. The molecule has 126 valence electrons. The van der Waals surface area contributed by atoms with Crippen molar-refractivity contribution in [1.82, 2.24) is 0 Å². The van der Waals surface area contributed by atoms with Crippen LogP contribution in [-0.2, 0) is 11.2 Å². The number of anilines is 1. The maximum atomic E-state index is 11.5. The first-order chi connectivity index (χ1) is 10.7. The molecule has 0 spiro atoms. The van der Waals surface area contributed by atoms with Gasteiger partial charge in [-0.15, -0.1) is 0 Å². The molecule has 0 aliphatic carbocycles. The number of nitrogens with zero attached hydrogens (tertiary/aromatic N) is 2. The van der Waals surface area contributed by atoms with E-state index in [1.54, 1.807) is 26.0 Å². The largest absolute Gasteiger partial charge is 0.484 e. The lowest BCUT2D eigenvalue weighted by molar-refractivity contribution is -0.384. The van der Waals surface area contributed by atoms with E-state index >= 15 is 0 Å². The van der Waals surface area contributed by atoms with Crippen LogP contribution in [0, 0.1) is 10.1 Å². The summed E-state index contributed by atoms with van der Waals surface area (Å²) >= 11 is 0. The van der Waals surface area contributed by atoms with E-state index in [2.05, 4.69) is 0 Å². The van der Waals surface area contributed by atoms with Crippen molar-refractivity contribution in [1.29, 1.82) is 0 Å². The molecule has 0 bridgehead atoms. The van der Waals surface area contributed by atoms with Gasteiger partial charge in [0.25, 0.3) is 5.69 Å². The van der Waals surface area contributed by atoms with E-state index in [1.165, 1.54) is 0 Å². The van der Waals surface area contributed by atoms with Gasteiger partial charge in [0.2, 0.25) is 0 Å². The number of aliphatic hydroxyl groups is 1. The fraction of sp³-hybridized carbons (Fsp3) is 0.625. The van der Waals surface area contributed by atoms with Crippen LogP contribution in [0.1, 0.15) is 26.3 Å². The maximum absolute atomic E-state index is 11.5. The van der Waals surface area contributed by atoms with Gasteiger partial charge in [0, 0.05) is 37.2 Å². The first-order valence-electron chi connectivity index (χ1n) is 7.77. The Balaban J connectivity index is 2.01. The monoisotopic (exact) mass is 322 g/mol. The van der Waals surface area contributed by atoms with E-state index in [0.717, 1.165) is 5.56 Å². The Hall–Kier alpha value is -1.86. The van der Waals surface area contributed by atoms with Gasteiger partial charge >= 0.3 is 0 Å². The van der Waals surface area contributed by atoms with Crippen LogP contribution >= 0.6 is 0 Å². The number of rotatable bonds is 3. The molecule has 2 heterocycles. The molecule has 3 rings (SSSR count). The van der Waals surface area contributed by atoms with Gasteiger partial charge in [-0.3, -0.25) is 10.1 Å². The molecule has 0 radical (unpaired) electrons. The molecule has 1 unspecified atom stereocenters. The Morgan fingerprint density at radius 2 is 2.00 bits per heavy atom. The van der Waals surface area contributed by atoms with Gasteiger partial charge in [-0.2, -0.15) is 0 Å². The van der Waals surface area contributed by atoms with E-state index < -0.39 is 11.2 Å². The third kappa shape index (κ3) is 2.74. The quantitative estimate of drug-likeness (QED) is 0.676. The maximum Gasteiger partial charge on any atom is 0.293 e. The summed E-state index contributed by atoms with van der Waals surface area (Å²) in [5.41, 5.74) is -0.461. The Bertz CT molecular complexity index is 634. The standard InChI is InChI=1S/C16H22N2O5/c1-15(2,19)16(3)10-11-8-13(18(20)21)12(9-14(11)23-16)17-4-6-22-7-5-17/h8-9,19H,4-7,10H2,1-3H3. The van der Waals surface area contributed by atoms with E-state index in [-0.39, 0.29) is 10.6 Å². The summed E-state index contributed by atoms with van der Waals surface area (Å²) in [7, 11) is 0. The second-order valence-electron chi connectivity index (χ2n) is 6.87. The van der Waals surface area contributed by atoms with Crippen molar-refractivity contribution < 1.29 is 19.5 Å². The fourth-order valence-corrected chi connectivity index (χ4v) is 3.02. The number of hydrogen-bond acceptors (Lipinski definition) is 6. The summed E-state index contributed by atoms with van der Waals surface area (Å²) in [6, 6.07) is 3.31. The number of hydrogen-bond donors (Lipinski definition) is 1. The van der Waals surface area contributed by atoms with E-state index in [1.807, 2.05) is 11.8 Å². The highest BCUT2D eigenvalue weighted by Gasteiger charge is 2.47. The predicted molar refractivity (Wildman–Crippen MR) is 85.2 cm³/mol. The van der Waals surface area contributed by atoms with E-state index in [9.17, 15) is 15.2 Å². The van der Waals surface area contributed by atoms with E-state index in [4.69, 9.17) is 9.47 Å². The Labute approximate surface area is 135 Å². The average molecular weight is 322 g/mol. The Morgan fingerprint density at radius 3 is 2.57 bits per heavy atom. The first kappa shape index (κ1) is 16.0. The van der Waals surface area contributed by atoms with Crippen molar-refractivity contribution in [3.8, 4) is 5.75 Å². The SMILES string of the molecule is CC(C)(O)C1(C)Cc2cc([N+](=O)[O-])c(N3CCOCC3)cc2O1. The number of ether oxygens (including phenoxy) is 2. The molecule has 2 aliphatic heterocycles. The summed E-state index contributed by atoms with van der Waals surface area (Å²) in [6.07, 6.45) is 0.441. The minimum absolute atomic E-state index is 0.0780. The second-order valence-corrected chi connectivity index (χ2v) is 6.87. The number of nitro benzene ring substituents is 1. The third-order valence-corrected chi connectivity index (χ3v) is 4.86. The lowest BCUT2D eigenvalue weighted by atomic mass is 9.84. The zero-order valence-corrected chi connectivity index (χ0v) is 13.7. The lowest BCUT2D eigenvalue weighted by Gasteiger charge is -2.36. The Kier molecular flexibility index (Phi) is 3.72. The molecule has 7 heteroatoms. The number of fused-ring (bicyclic) bond motifs is 1. The molecule has 7 nitrogen and oxygen atoms in total. The molecule has 0 saturated carbocycles. The van der Waals surface area contributed by atoms with Crippen LogP contribution in [0.25, 0.3) is 0 Å². The van der Waals surface area contributed by atoms with Crippen LogP contribution in [-0.4, -0.2) is 47.5 Å². The molecule has 1 atom stereocenters. The first-order valence-corrected chi connectivity index (χ1v) is 7.77. The summed E-state index contributed by atoms with van der Waals surface area (Å²) in [5, 5.41) is 21.8. The van der Waals surface area contributed by atoms with Gasteiger partial charge in [-0.25, -0.2) is 0 Å². The smallest absolute Gasteiger partial charge is 0.293 e. The molecular formula is C16H22N2O5. The highest BCUT2D eigenvalue weighted by atomic mass is 16.6. The van der Waals surface area contributed by atoms with Crippen LogP contribution in [0.4, 0.5) is 11.4 Å². The molecular weight excluding hydrogens is 300 g/mol. The minimum atomic E-state index is -1.06. The van der Waals surface area contributed by atoms with Crippen molar-refractivity contribution in [2.24, 2.45) is 0 Å². The zero-order valence-electron chi connectivity index (χ0n) is 13.7. The number of benzene rings is 1. The van der Waals surface area contributed by atoms with Crippen LogP contribution in [0.3, 0.4) is 0 Å². The van der Waals surface area contributed by atoms with Gasteiger partial charge in [-0.1, -0.05) is 0 Å². The van der Waals surface area contributed by atoms with Gasteiger partial charge in [0.1, 0.15) is 17.0 Å². The van der Waals surface area contributed by atoms with Crippen molar-refractivity contribution >= 4 is 11.4 Å². The van der Waals surface area contributed by atoms with Crippen LogP contribution < -0.4 is 9.64 Å². The van der Waals surface area contributed by atoms with Crippen molar-refractivity contribution in [2.45, 2.75) is 38.4 Å². The van der Waals surface area contributed by atoms with Gasteiger partial charge in [-0.05, 0) is 20.8 Å². The topological polar surface area (TPSA) is 85.1 Å². The van der Waals surface area contributed by atoms with Gasteiger partial charge in [0.15, 0.2) is 0 Å². The molecule has 23 heavy (non-hydrogen) atoms. The summed E-state index contributed by atoms with van der Waals surface area (Å²) in [5.74, 6) is 0.613. The predicted octanol–water partition coefficient (Wildman–Crippen LogP) is 1.90. The van der Waals surface area contributed by atoms with Crippen molar-refractivity contribution in [2.75, 3.05) is 31.2 Å².